The zero-order valence-corrected chi connectivity index (χ0v) is 6.64. The van der Waals surface area contributed by atoms with Crippen molar-refractivity contribution in [2.45, 2.75) is 6.04 Å². The minimum Gasteiger partial charge on any atom is -0.492 e. The van der Waals surface area contributed by atoms with Gasteiger partial charge in [0.25, 0.3) is 0 Å². The fourth-order valence-corrected chi connectivity index (χ4v) is 0.748. The van der Waals surface area contributed by atoms with Crippen molar-refractivity contribution >= 4 is 6.29 Å². The van der Waals surface area contributed by atoms with E-state index in [9.17, 15) is 4.79 Å². The Kier molecular flexibility index (Phi) is 3.29. The van der Waals surface area contributed by atoms with E-state index in [2.05, 4.69) is 0 Å². The highest BCUT2D eigenvalue weighted by Crippen LogP contribution is 2.07. The van der Waals surface area contributed by atoms with E-state index in [1.165, 1.54) is 0 Å². The molecule has 0 heterocycles. The van der Waals surface area contributed by atoms with E-state index in [0.717, 1.165) is 5.75 Å². The highest BCUT2D eigenvalue weighted by molar-refractivity contribution is 5.57. The van der Waals surface area contributed by atoms with E-state index in [4.69, 9.17) is 10.5 Å². The molecule has 12 heavy (non-hydrogen) atoms. The maximum atomic E-state index is 10.1. The number of rotatable bonds is 4. The number of para-hydroxylation sites is 1. The number of carbonyl (C=O) groups is 1. The number of nitrogens with two attached hydrogens (primary N) is 1. The van der Waals surface area contributed by atoms with Crippen molar-refractivity contribution < 1.29 is 9.53 Å². The molecule has 0 bridgehead atoms. The second-order valence-corrected chi connectivity index (χ2v) is 2.42. The van der Waals surface area contributed by atoms with Crippen molar-refractivity contribution in [1.29, 1.82) is 0 Å². The molecule has 0 spiro atoms. The van der Waals surface area contributed by atoms with Gasteiger partial charge >= 0.3 is 0 Å². The van der Waals surface area contributed by atoms with E-state index in [1.54, 1.807) is 0 Å². The molecule has 0 aliphatic heterocycles. The number of hydrogen-bond donors (Lipinski definition) is 1. The predicted molar refractivity (Wildman–Crippen MR) is 46.0 cm³/mol. The van der Waals surface area contributed by atoms with Crippen molar-refractivity contribution in [2.24, 2.45) is 5.73 Å². The Labute approximate surface area is 71.1 Å². The molecule has 1 rings (SSSR count). The Morgan fingerprint density at radius 1 is 1.42 bits per heavy atom. The summed E-state index contributed by atoms with van der Waals surface area (Å²) >= 11 is 0. The maximum absolute atomic E-state index is 10.1. The molecule has 1 aromatic carbocycles. The summed E-state index contributed by atoms with van der Waals surface area (Å²) in [6, 6.07) is 8.72. The molecule has 3 heteroatoms. The van der Waals surface area contributed by atoms with E-state index in [0.29, 0.717) is 6.29 Å². The van der Waals surface area contributed by atoms with Crippen molar-refractivity contribution in [3.05, 3.63) is 30.3 Å². The SMILES string of the molecule is N[C@H](C=O)COc1ccccc1. The van der Waals surface area contributed by atoms with Crippen molar-refractivity contribution in [2.75, 3.05) is 6.61 Å². The van der Waals surface area contributed by atoms with Crippen LogP contribution in [0, 0.1) is 0 Å². The number of hydrogen-bond acceptors (Lipinski definition) is 3. The van der Waals surface area contributed by atoms with Crippen LogP contribution in [0.25, 0.3) is 0 Å². The molecular formula is C9H11NO2. The molecule has 0 aromatic heterocycles. The predicted octanol–water partition coefficient (Wildman–Crippen LogP) is 0.592. The zero-order valence-electron chi connectivity index (χ0n) is 6.64. The molecule has 0 aliphatic rings. The normalized spacial score (nSPS) is 12.1. The van der Waals surface area contributed by atoms with E-state index in [1.807, 2.05) is 30.3 Å². The van der Waals surface area contributed by atoms with Gasteiger partial charge in [-0.2, -0.15) is 0 Å². The number of carbonyl (C=O) groups excluding carboxylic acids is 1. The molecule has 3 nitrogen and oxygen atoms in total. The van der Waals surface area contributed by atoms with Crippen LogP contribution in [-0.2, 0) is 4.79 Å². The van der Waals surface area contributed by atoms with Gasteiger partial charge in [-0.05, 0) is 12.1 Å². The van der Waals surface area contributed by atoms with Gasteiger partial charge in [0.15, 0.2) is 0 Å². The van der Waals surface area contributed by atoms with Crippen molar-refractivity contribution in [1.82, 2.24) is 0 Å². The molecule has 0 aliphatic carbocycles. The summed E-state index contributed by atoms with van der Waals surface area (Å²) in [4.78, 5) is 10.1. The lowest BCUT2D eigenvalue weighted by atomic mass is 10.3. The molecule has 1 atom stereocenters. The minimum atomic E-state index is -0.537. The van der Waals surface area contributed by atoms with Gasteiger partial charge < -0.3 is 15.3 Å². The summed E-state index contributed by atoms with van der Waals surface area (Å²) in [5.41, 5.74) is 5.33. The summed E-state index contributed by atoms with van der Waals surface area (Å²) in [6.45, 7) is 0.230. The summed E-state index contributed by atoms with van der Waals surface area (Å²) in [6.07, 6.45) is 0.670. The van der Waals surface area contributed by atoms with Crippen LogP contribution in [0.15, 0.2) is 30.3 Å². The fraction of sp³-hybridized carbons (Fsp3) is 0.222. The van der Waals surface area contributed by atoms with Crippen LogP contribution < -0.4 is 10.5 Å². The second kappa shape index (κ2) is 4.51. The van der Waals surface area contributed by atoms with Gasteiger partial charge in [0, 0.05) is 0 Å². The van der Waals surface area contributed by atoms with Crippen LogP contribution in [0.3, 0.4) is 0 Å². The summed E-state index contributed by atoms with van der Waals surface area (Å²) in [7, 11) is 0. The van der Waals surface area contributed by atoms with Crippen LogP contribution in [0.5, 0.6) is 5.75 Å². The first-order valence-electron chi connectivity index (χ1n) is 3.71. The third kappa shape index (κ3) is 2.72. The van der Waals surface area contributed by atoms with Crippen molar-refractivity contribution in [3.8, 4) is 5.75 Å². The third-order valence-electron chi connectivity index (χ3n) is 1.36. The quantitative estimate of drug-likeness (QED) is 0.664. The van der Waals surface area contributed by atoms with Crippen molar-refractivity contribution in [3.63, 3.8) is 0 Å². The Morgan fingerprint density at radius 2 is 2.08 bits per heavy atom. The van der Waals surface area contributed by atoms with Gasteiger partial charge in [0.2, 0.25) is 0 Å². The van der Waals surface area contributed by atoms with E-state index < -0.39 is 6.04 Å². The lowest BCUT2D eigenvalue weighted by molar-refractivity contribution is -0.109. The second-order valence-electron chi connectivity index (χ2n) is 2.42. The molecule has 64 valence electrons. The molecule has 0 radical (unpaired) electrons. The summed E-state index contributed by atoms with van der Waals surface area (Å²) in [5.74, 6) is 0.731. The lowest BCUT2D eigenvalue weighted by Gasteiger charge is -2.06. The van der Waals surface area contributed by atoms with Crippen LogP contribution in [0.2, 0.25) is 0 Å². The fourth-order valence-electron chi connectivity index (χ4n) is 0.748. The molecule has 2 N–H and O–H groups in total. The van der Waals surface area contributed by atoms with Gasteiger partial charge in [0.05, 0.1) is 6.04 Å². The Hall–Kier alpha value is -1.35. The van der Waals surface area contributed by atoms with E-state index in [-0.39, 0.29) is 6.61 Å². The first-order chi connectivity index (χ1) is 5.83. The Balaban J connectivity index is 2.38. The number of aldehydes is 1. The smallest absolute Gasteiger partial charge is 0.140 e. The van der Waals surface area contributed by atoms with Gasteiger partial charge in [-0.3, -0.25) is 0 Å². The van der Waals surface area contributed by atoms with Gasteiger partial charge in [-0.25, -0.2) is 0 Å². The molecule has 1 aromatic rings. The Morgan fingerprint density at radius 3 is 2.67 bits per heavy atom. The van der Waals surface area contributed by atoms with Gasteiger partial charge in [-0.1, -0.05) is 18.2 Å². The molecule has 0 amide bonds. The first kappa shape index (κ1) is 8.74. The summed E-state index contributed by atoms with van der Waals surface area (Å²) < 4.78 is 5.20. The highest BCUT2D eigenvalue weighted by Gasteiger charge is 1.99. The highest BCUT2D eigenvalue weighted by atomic mass is 16.5. The number of benzene rings is 1. The minimum absolute atomic E-state index is 0.230. The summed E-state index contributed by atoms with van der Waals surface area (Å²) in [5, 5.41) is 0. The molecule has 0 fully saturated rings. The third-order valence-corrected chi connectivity index (χ3v) is 1.36. The molecular weight excluding hydrogens is 154 g/mol. The zero-order chi connectivity index (χ0) is 8.81. The van der Waals surface area contributed by atoms with Crippen LogP contribution in [0.1, 0.15) is 0 Å². The standard InChI is InChI=1S/C9H11NO2/c10-8(6-11)7-12-9-4-2-1-3-5-9/h1-6,8H,7,10H2/t8-/m1/s1. The maximum Gasteiger partial charge on any atom is 0.140 e. The van der Waals surface area contributed by atoms with Crippen LogP contribution >= 0.6 is 0 Å². The lowest BCUT2D eigenvalue weighted by Crippen LogP contribution is -2.29. The molecule has 0 saturated heterocycles. The van der Waals surface area contributed by atoms with Crippen LogP contribution in [-0.4, -0.2) is 18.9 Å². The largest absolute Gasteiger partial charge is 0.492 e. The monoisotopic (exact) mass is 165 g/mol. The first-order valence-corrected chi connectivity index (χ1v) is 3.71. The average molecular weight is 165 g/mol. The molecule has 0 unspecified atom stereocenters. The molecule has 0 saturated carbocycles. The topological polar surface area (TPSA) is 52.3 Å². The van der Waals surface area contributed by atoms with Gasteiger partial charge in [0.1, 0.15) is 18.6 Å². The Bertz CT molecular complexity index is 236. The van der Waals surface area contributed by atoms with Crippen LogP contribution in [0.4, 0.5) is 0 Å². The van der Waals surface area contributed by atoms with E-state index >= 15 is 0 Å². The average Bonchev–Trinajstić information content (AvgIpc) is 2.16. The number of ether oxygens (including phenoxy) is 1. The van der Waals surface area contributed by atoms with Gasteiger partial charge in [-0.15, -0.1) is 0 Å².